The second-order valence-electron chi connectivity index (χ2n) is 4.86. The third kappa shape index (κ3) is 3.62. The van der Waals surface area contributed by atoms with Crippen LogP contribution in [0, 0.1) is 0 Å². The van der Waals surface area contributed by atoms with Gasteiger partial charge in [0, 0.05) is 0 Å². The molecule has 2 N–H and O–H groups in total. The third-order valence-corrected chi connectivity index (χ3v) is 4.70. The normalized spacial score (nSPS) is 12.9. The molecule has 4 nitrogen and oxygen atoms in total. The molecule has 0 radical (unpaired) electrons. The van der Waals surface area contributed by atoms with E-state index in [1.54, 1.807) is 31.2 Å². The number of sulfonamides is 1. The highest BCUT2D eigenvalue weighted by Crippen LogP contribution is 2.21. The first-order valence-electron chi connectivity index (χ1n) is 6.83. The number of aryl methyl sites for hydroxylation is 1. The van der Waals surface area contributed by atoms with Crippen molar-refractivity contribution in [3.05, 3.63) is 59.7 Å². The fourth-order valence-electron chi connectivity index (χ4n) is 2.06. The molecule has 1 atom stereocenters. The summed E-state index contributed by atoms with van der Waals surface area (Å²) < 4.78 is 27.4. The van der Waals surface area contributed by atoms with Crippen molar-refractivity contribution in [2.75, 3.05) is 4.72 Å². The minimum atomic E-state index is -3.62. The molecule has 0 aliphatic carbocycles. The number of para-hydroxylation sites is 1. The van der Waals surface area contributed by atoms with Gasteiger partial charge in [0.15, 0.2) is 0 Å². The molecule has 0 aliphatic heterocycles. The minimum absolute atomic E-state index is 0.179. The molecule has 0 saturated carbocycles. The van der Waals surface area contributed by atoms with Crippen LogP contribution in [-0.2, 0) is 16.4 Å². The predicted octanol–water partition coefficient (Wildman–Crippen LogP) is 3.10. The van der Waals surface area contributed by atoms with Crippen LogP contribution < -0.4 is 4.72 Å². The van der Waals surface area contributed by atoms with Crippen molar-refractivity contribution in [2.24, 2.45) is 0 Å². The van der Waals surface area contributed by atoms with Crippen LogP contribution in [0.2, 0.25) is 0 Å². The topological polar surface area (TPSA) is 66.4 Å². The number of anilines is 1. The highest BCUT2D eigenvalue weighted by Gasteiger charge is 2.15. The van der Waals surface area contributed by atoms with E-state index in [0.717, 1.165) is 12.0 Å². The summed E-state index contributed by atoms with van der Waals surface area (Å²) in [5.74, 6) is 0. The van der Waals surface area contributed by atoms with Crippen LogP contribution in [-0.4, -0.2) is 13.5 Å². The van der Waals surface area contributed by atoms with Crippen molar-refractivity contribution in [1.82, 2.24) is 0 Å². The van der Waals surface area contributed by atoms with E-state index in [1.165, 1.54) is 12.1 Å². The summed E-state index contributed by atoms with van der Waals surface area (Å²) in [6.45, 7) is 3.61. The van der Waals surface area contributed by atoms with Crippen LogP contribution in [0.4, 0.5) is 5.69 Å². The number of hydrogen-bond donors (Lipinski definition) is 2. The van der Waals surface area contributed by atoms with Gasteiger partial charge in [-0.05, 0) is 42.7 Å². The highest BCUT2D eigenvalue weighted by molar-refractivity contribution is 7.92. The van der Waals surface area contributed by atoms with Crippen molar-refractivity contribution in [1.29, 1.82) is 0 Å². The van der Waals surface area contributed by atoms with Crippen LogP contribution >= 0.6 is 0 Å². The summed E-state index contributed by atoms with van der Waals surface area (Å²) in [4.78, 5) is 0.179. The predicted molar refractivity (Wildman–Crippen MR) is 83.7 cm³/mol. The van der Waals surface area contributed by atoms with E-state index in [9.17, 15) is 13.5 Å². The average molecular weight is 305 g/mol. The lowest BCUT2D eigenvalue weighted by Crippen LogP contribution is -2.14. The molecule has 0 aliphatic rings. The Bertz CT molecular complexity index is 707. The Hall–Kier alpha value is -1.85. The van der Waals surface area contributed by atoms with Crippen LogP contribution in [0.1, 0.15) is 31.1 Å². The van der Waals surface area contributed by atoms with Gasteiger partial charge in [0.05, 0.1) is 16.7 Å². The summed E-state index contributed by atoms with van der Waals surface area (Å²) >= 11 is 0. The molecular formula is C16H19NO3S. The fourth-order valence-corrected chi connectivity index (χ4v) is 3.16. The molecule has 2 aromatic carbocycles. The van der Waals surface area contributed by atoms with Gasteiger partial charge in [-0.1, -0.05) is 37.3 Å². The maximum Gasteiger partial charge on any atom is 0.261 e. The minimum Gasteiger partial charge on any atom is -0.389 e. The molecule has 1 unspecified atom stereocenters. The smallest absolute Gasteiger partial charge is 0.261 e. The molecule has 112 valence electrons. The molecule has 5 heteroatoms. The van der Waals surface area contributed by atoms with Crippen molar-refractivity contribution >= 4 is 15.7 Å². The van der Waals surface area contributed by atoms with E-state index >= 15 is 0 Å². The lowest BCUT2D eigenvalue weighted by Gasteiger charge is -2.12. The maximum absolute atomic E-state index is 12.4. The second kappa shape index (κ2) is 6.28. The number of nitrogens with one attached hydrogen (secondary N) is 1. The Balaban J connectivity index is 2.30. The first-order valence-corrected chi connectivity index (χ1v) is 8.31. The molecule has 2 aromatic rings. The number of aliphatic hydroxyl groups excluding tert-OH is 1. The number of rotatable bonds is 5. The van der Waals surface area contributed by atoms with E-state index in [0.29, 0.717) is 11.3 Å². The fraction of sp³-hybridized carbons (Fsp3) is 0.250. The van der Waals surface area contributed by atoms with Crippen molar-refractivity contribution in [2.45, 2.75) is 31.3 Å². The average Bonchev–Trinajstić information content (AvgIpc) is 2.47. The van der Waals surface area contributed by atoms with Crippen LogP contribution in [0.3, 0.4) is 0 Å². The second-order valence-corrected chi connectivity index (χ2v) is 6.54. The molecule has 0 heterocycles. The van der Waals surface area contributed by atoms with E-state index in [2.05, 4.69) is 4.72 Å². The van der Waals surface area contributed by atoms with Gasteiger partial charge in [-0.25, -0.2) is 8.42 Å². The molecule has 0 fully saturated rings. The summed E-state index contributed by atoms with van der Waals surface area (Å²) in [7, 11) is -3.62. The number of hydrogen-bond acceptors (Lipinski definition) is 3. The first kappa shape index (κ1) is 15.5. The van der Waals surface area contributed by atoms with Gasteiger partial charge in [0.25, 0.3) is 10.0 Å². The molecule has 0 amide bonds. The van der Waals surface area contributed by atoms with E-state index < -0.39 is 16.1 Å². The Labute approximate surface area is 125 Å². The summed E-state index contributed by atoms with van der Waals surface area (Å²) in [6.07, 6.45) is 0.134. The molecule has 0 saturated heterocycles. The third-order valence-electron chi connectivity index (χ3n) is 3.32. The molecule has 0 spiro atoms. The van der Waals surface area contributed by atoms with Crippen molar-refractivity contribution in [3.8, 4) is 0 Å². The molecular weight excluding hydrogens is 286 g/mol. The zero-order valence-corrected chi connectivity index (χ0v) is 12.9. The largest absolute Gasteiger partial charge is 0.389 e. The lowest BCUT2D eigenvalue weighted by atomic mass is 10.1. The van der Waals surface area contributed by atoms with Gasteiger partial charge in [-0.15, -0.1) is 0 Å². The first-order chi connectivity index (χ1) is 9.94. The number of benzene rings is 2. The highest BCUT2D eigenvalue weighted by atomic mass is 32.2. The summed E-state index contributed by atoms with van der Waals surface area (Å²) in [5.41, 5.74) is 2.23. The van der Waals surface area contributed by atoms with Crippen LogP contribution in [0.5, 0.6) is 0 Å². The molecule has 2 rings (SSSR count). The van der Waals surface area contributed by atoms with E-state index in [-0.39, 0.29) is 4.90 Å². The number of aliphatic hydroxyl groups is 1. The van der Waals surface area contributed by atoms with Crippen LogP contribution in [0.15, 0.2) is 53.4 Å². The van der Waals surface area contributed by atoms with Gasteiger partial charge < -0.3 is 5.11 Å². The van der Waals surface area contributed by atoms with Gasteiger partial charge in [0.1, 0.15) is 0 Å². The van der Waals surface area contributed by atoms with Gasteiger partial charge in [-0.2, -0.15) is 0 Å². The van der Waals surface area contributed by atoms with Crippen molar-refractivity contribution < 1.29 is 13.5 Å². The van der Waals surface area contributed by atoms with E-state index in [1.807, 2.05) is 19.1 Å². The van der Waals surface area contributed by atoms with Crippen LogP contribution in [0.25, 0.3) is 0 Å². The molecule has 0 aromatic heterocycles. The Morgan fingerprint density at radius 3 is 2.29 bits per heavy atom. The van der Waals surface area contributed by atoms with Crippen molar-refractivity contribution in [3.63, 3.8) is 0 Å². The van der Waals surface area contributed by atoms with Gasteiger partial charge >= 0.3 is 0 Å². The Morgan fingerprint density at radius 2 is 1.71 bits per heavy atom. The Kier molecular flexibility index (Phi) is 4.65. The molecule has 21 heavy (non-hydrogen) atoms. The lowest BCUT2D eigenvalue weighted by molar-refractivity contribution is 0.199. The standard InChI is InChI=1S/C16H19NO3S/c1-3-13-6-4-5-7-16(13)17-21(19,20)15-10-8-14(9-11-15)12(2)18/h4-12,17-18H,3H2,1-2H3. The zero-order chi connectivity index (χ0) is 15.5. The maximum atomic E-state index is 12.4. The van der Waals surface area contributed by atoms with Gasteiger partial charge in [0.2, 0.25) is 0 Å². The SMILES string of the molecule is CCc1ccccc1NS(=O)(=O)c1ccc(C(C)O)cc1. The quantitative estimate of drug-likeness (QED) is 0.892. The van der Waals surface area contributed by atoms with E-state index in [4.69, 9.17) is 0 Å². The Morgan fingerprint density at radius 1 is 1.10 bits per heavy atom. The van der Waals surface area contributed by atoms with Gasteiger partial charge in [-0.3, -0.25) is 4.72 Å². The zero-order valence-electron chi connectivity index (χ0n) is 12.1. The molecule has 0 bridgehead atoms. The monoisotopic (exact) mass is 305 g/mol. The summed E-state index contributed by atoms with van der Waals surface area (Å²) in [6, 6.07) is 13.6. The summed E-state index contributed by atoms with van der Waals surface area (Å²) in [5, 5.41) is 9.46.